The second-order valence-electron chi connectivity index (χ2n) is 7.35. The molecule has 3 aromatic rings. The zero-order chi connectivity index (χ0) is 24.8. The maximum absolute atomic E-state index is 12.6. The maximum Gasteiger partial charge on any atom is 0.335 e. The lowest BCUT2D eigenvalue weighted by Gasteiger charge is -2.14. The van der Waals surface area contributed by atoms with Crippen LogP contribution in [0.5, 0.6) is 17.2 Å². The Morgan fingerprint density at radius 3 is 2.43 bits per heavy atom. The normalized spacial score (nSPS) is 15.2. The van der Waals surface area contributed by atoms with Gasteiger partial charge in [0.2, 0.25) is 0 Å². The number of nitrogens with one attached hydrogen (secondary N) is 1. The summed E-state index contributed by atoms with van der Waals surface area (Å²) in [6, 6.07) is 19.0. The maximum atomic E-state index is 12.6. The number of carbonyl (C=O) groups excluding carboxylic acids is 1. The van der Waals surface area contributed by atoms with Crippen LogP contribution in [-0.2, 0) is 11.4 Å². The van der Waals surface area contributed by atoms with E-state index in [1.165, 1.54) is 31.0 Å². The predicted octanol–water partition coefficient (Wildman–Crippen LogP) is 4.87. The minimum atomic E-state index is -0.988. The molecule has 1 saturated heterocycles. The van der Waals surface area contributed by atoms with Crippen LogP contribution in [0.2, 0.25) is 0 Å². The van der Waals surface area contributed by atoms with Crippen LogP contribution in [-0.4, -0.2) is 36.4 Å². The fourth-order valence-corrected chi connectivity index (χ4v) is 4.09. The first kappa shape index (κ1) is 23.9. The lowest BCUT2D eigenvalue weighted by molar-refractivity contribution is -0.115. The fourth-order valence-electron chi connectivity index (χ4n) is 3.26. The van der Waals surface area contributed by atoms with Crippen LogP contribution >= 0.6 is 11.8 Å². The van der Waals surface area contributed by atoms with Gasteiger partial charge in [-0.2, -0.15) is 0 Å². The van der Waals surface area contributed by atoms with Crippen molar-refractivity contribution in [2.24, 2.45) is 4.99 Å². The monoisotopic (exact) mass is 490 g/mol. The Bertz CT molecular complexity index is 1300. The zero-order valence-corrected chi connectivity index (χ0v) is 19.8. The van der Waals surface area contributed by atoms with Crippen LogP contribution in [0.15, 0.2) is 76.6 Å². The van der Waals surface area contributed by atoms with Crippen molar-refractivity contribution < 1.29 is 28.9 Å². The Morgan fingerprint density at radius 2 is 1.77 bits per heavy atom. The molecule has 1 fully saturated rings. The molecule has 4 rings (SSSR count). The third-order valence-corrected chi connectivity index (χ3v) is 5.96. The Balaban J connectivity index is 1.55. The number of carboxylic acid groups (broad SMARTS) is 1. The molecular formula is C26H22N2O6S. The van der Waals surface area contributed by atoms with E-state index in [9.17, 15) is 9.59 Å². The van der Waals surface area contributed by atoms with Gasteiger partial charge in [0, 0.05) is 5.56 Å². The summed E-state index contributed by atoms with van der Waals surface area (Å²) in [4.78, 5) is 28.6. The van der Waals surface area contributed by atoms with E-state index in [0.29, 0.717) is 32.8 Å². The van der Waals surface area contributed by atoms with Gasteiger partial charge >= 0.3 is 5.97 Å². The van der Waals surface area contributed by atoms with Crippen molar-refractivity contribution in [1.82, 2.24) is 5.32 Å². The van der Waals surface area contributed by atoms with E-state index in [2.05, 4.69) is 10.3 Å². The molecule has 9 heteroatoms. The number of amidine groups is 1. The summed E-state index contributed by atoms with van der Waals surface area (Å²) in [5.41, 5.74) is 2.35. The highest BCUT2D eigenvalue weighted by molar-refractivity contribution is 8.18. The molecule has 0 spiro atoms. The molecule has 0 saturated carbocycles. The van der Waals surface area contributed by atoms with Crippen LogP contribution < -0.4 is 19.5 Å². The minimum Gasteiger partial charge on any atom is -0.497 e. The smallest absolute Gasteiger partial charge is 0.335 e. The van der Waals surface area contributed by atoms with Crippen molar-refractivity contribution in [1.29, 1.82) is 0 Å². The molecule has 3 aromatic carbocycles. The summed E-state index contributed by atoms with van der Waals surface area (Å²) < 4.78 is 16.7. The third kappa shape index (κ3) is 5.82. The Hall–Kier alpha value is -4.24. The largest absolute Gasteiger partial charge is 0.497 e. The van der Waals surface area contributed by atoms with Crippen molar-refractivity contribution in [3.63, 3.8) is 0 Å². The van der Waals surface area contributed by atoms with Gasteiger partial charge in [-0.15, -0.1) is 0 Å². The number of rotatable bonds is 8. The van der Waals surface area contributed by atoms with Crippen molar-refractivity contribution in [3.8, 4) is 17.2 Å². The number of aliphatic imine (C=N–C) groups is 1. The van der Waals surface area contributed by atoms with Gasteiger partial charge in [0.1, 0.15) is 12.4 Å². The van der Waals surface area contributed by atoms with Crippen LogP contribution in [0.4, 0.5) is 5.69 Å². The number of carbonyl (C=O) groups is 2. The molecular weight excluding hydrogens is 468 g/mol. The minimum absolute atomic E-state index is 0.194. The number of aromatic carboxylic acids is 1. The third-order valence-electron chi connectivity index (χ3n) is 5.05. The topological polar surface area (TPSA) is 106 Å². The average molecular weight is 491 g/mol. The number of hydrogen-bond donors (Lipinski definition) is 2. The van der Waals surface area contributed by atoms with Gasteiger partial charge < -0.3 is 24.6 Å². The van der Waals surface area contributed by atoms with Crippen LogP contribution in [0.3, 0.4) is 0 Å². The second-order valence-corrected chi connectivity index (χ2v) is 8.38. The lowest BCUT2D eigenvalue weighted by Crippen LogP contribution is -2.19. The summed E-state index contributed by atoms with van der Waals surface area (Å²) in [5, 5.41) is 12.3. The SMILES string of the molecule is COc1ccc(N=C2NC(=O)/C(=C/c3cccc(OC)c3OCc3ccc(C(=O)O)cc3)S2)cc1. The van der Waals surface area contributed by atoms with Gasteiger partial charge in [0.05, 0.1) is 30.4 Å². The zero-order valence-electron chi connectivity index (χ0n) is 19.0. The molecule has 1 amide bonds. The number of methoxy groups -OCH3 is 2. The fraction of sp³-hybridized carbons (Fsp3) is 0.115. The van der Waals surface area contributed by atoms with Crippen molar-refractivity contribution in [2.45, 2.75) is 6.61 Å². The molecule has 0 radical (unpaired) electrons. The lowest BCUT2D eigenvalue weighted by atomic mass is 10.1. The number of thioether (sulfide) groups is 1. The van der Waals surface area contributed by atoms with Gasteiger partial charge in [-0.05, 0) is 65.9 Å². The van der Waals surface area contributed by atoms with Gasteiger partial charge in [-0.3, -0.25) is 4.79 Å². The second kappa shape index (κ2) is 10.8. The van der Waals surface area contributed by atoms with E-state index in [0.717, 1.165) is 11.3 Å². The Labute approximate surface area is 206 Å². The van der Waals surface area contributed by atoms with Crippen molar-refractivity contribution in [2.75, 3.05) is 14.2 Å². The molecule has 1 aliphatic rings. The van der Waals surface area contributed by atoms with Gasteiger partial charge in [-0.25, -0.2) is 9.79 Å². The molecule has 0 aliphatic carbocycles. The summed E-state index contributed by atoms with van der Waals surface area (Å²) in [5.74, 6) is 0.454. The summed E-state index contributed by atoms with van der Waals surface area (Å²) in [7, 11) is 3.13. The summed E-state index contributed by atoms with van der Waals surface area (Å²) in [6.07, 6.45) is 1.72. The molecule has 1 aliphatic heterocycles. The quantitative estimate of drug-likeness (QED) is 0.434. The number of hydrogen-bond acceptors (Lipinski definition) is 7. The number of ether oxygens (including phenoxy) is 3. The highest BCUT2D eigenvalue weighted by Crippen LogP contribution is 2.36. The number of amides is 1. The molecule has 2 N–H and O–H groups in total. The summed E-state index contributed by atoms with van der Waals surface area (Å²) in [6.45, 7) is 0.194. The first-order valence-electron chi connectivity index (χ1n) is 10.5. The summed E-state index contributed by atoms with van der Waals surface area (Å²) >= 11 is 1.23. The molecule has 0 unspecified atom stereocenters. The van der Waals surface area contributed by atoms with Crippen LogP contribution in [0, 0.1) is 0 Å². The molecule has 1 heterocycles. The van der Waals surface area contributed by atoms with Gasteiger partial charge in [-0.1, -0.05) is 24.3 Å². The average Bonchev–Trinajstić information content (AvgIpc) is 3.21. The number of para-hydroxylation sites is 1. The van der Waals surface area contributed by atoms with E-state index < -0.39 is 5.97 Å². The molecule has 0 bridgehead atoms. The molecule has 8 nitrogen and oxygen atoms in total. The Morgan fingerprint density at radius 1 is 1.03 bits per heavy atom. The number of benzene rings is 3. The number of carboxylic acids is 1. The molecule has 35 heavy (non-hydrogen) atoms. The molecule has 178 valence electrons. The standard InChI is InChI=1S/C26H22N2O6S/c1-32-20-12-10-19(11-13-20)27-26-28-24(29)22(35-26)14-18-4-3-5-21(33-2)23(18)34-15-16-6-8-17(9-7-16)25(30)31/h3-14H,15H2,1-2H3,(H,30,31)(H,27,28,29)/b22-14-. The van der Waals surface area contributed by atoms with Gasteiger partial charge in [0.15, 0.2) is 16.7 Å². The molecule has 0 atom stereocenters. The van der Waals surface area contributed by atoms with E-state index in [4.69, 9.17) is 19.3 Å². The predicted molar refractivity (Wildman–Crippen MR) is 135 cm³/mol. The number of nitrogens with zero attached hydrogens (tertiary/aromatic N) is 1. The van der Waals surface area contributed by atoms with Gasteiger partial charge in [0.25, 0.3) is 5.91 Å². The van der Waals surface area contributed by atoms with Crippen molar-refractivity contribution in [3.05, 3.63) is 88.3 Å². The Kier molecular flexibility index (Phi) is 7.37. The highest BCUT2D eigenvalue weighted by atomic mass is 32.2. The van der Waals surface area contributed by atoms with E-state index >= 15 is 0 Å². The van der Waals surface area contributed by atoms with Crippen molar-refractivity contribution >= 4 is 40.6 Å². The van der Waals surface area contributed by atoms with Crippen LogP contribution in [0.1, 0.15) is 21.5 Å². The van der Waals surface area contributed by atoms with E-state index in [1.807, 2.05) is 12.1 Å². The van der Waals surface area contributed by atoms with Crippen LogP contribution in [0.25, 0.3) is 6.08 Å². The first-order valence-corrected chi connectivity index (χ1v) is 11.3. The van der Waals surface area contributed by atoms with E-state index in [-0.39, 0.29) is 18.1 Å². The first-order chi connectivity index (χ1) is 17.0. The van der Waals surface area contributed by atoms with E-state index in [1.54, 1.807) is 55.7 Å². The highest BCUT2D eigenvalue weighted by Gasteiger charge is 2.25. The molecule has 0 aromatic heterocycles.